The lowest BCUT2D eigenvalue weighted by Crippen LogP contribution is -2.59. The van der Waals surface area contributed by atoms with Gasteiger partial charge in [-0.15, -0.1) is 11.3 Å². The zero-order chi connectivity index (χ0) is 18.1. The predicted molar refractivity (Wildman–Crippen MR) is 104 cm³/mol. The minimum absolute atomic E-state index is 0.142. The Morgan fingerprint density at radius 2 is 2.19 bits per heavy atom. The Bertz CT molecular complexity index is 759. The number of amides is 1. The van der Waals surface area contributed by atoms with Crippen LogP contribution in [0, 0.1) is 5.41 Å². The van der Waals surface area contributed by atoms with Crippen LogP contribution < -0.4 is 0 Å². The Morgan fingerprint density at radius 3 is 3.04 bits per heavy atom. The number of fused-ring (bicyclic) bond motifs is 1. The van der Waals surface area contributed by atoms with Crippen LogP contribution in [0.1, 0.15) is 30.7 Å². The Kier molecular flexibility index (Phi) is 4.99. The first-order valence-electron chi connectivity index (χ1n) is 9.55. The molecule has 2 aliphatic heterocycles. The molecule has 3 heterocycles. The summed E-state index contributed by atoms with van der Waals surface area (Å²) in [5.74, 6) is 0.198. The van der Waals surface area contributed by atoms with Crippen molar-refractivity contribution in [3.63, 3.8) is 0 Å². The highest BCUT2D eigenvalue weighted by atomic mass is 32.1. The second kappa shape index (κ2) is 7.25. The Morgan fingerprint density at radius 1 is 1.35 bits per heavy atom. The van der Waals surface area contributed by atoms with E-state index < -0.39 is 0 Å². The molecule has 2 aliphatic rings. The molecule has 6 heteroatoms. The summed E-state index contributed by atoms with van der Waals surface area (Å²) in [5.41, 5.74) is 0.877. The van der Waals surface area contributed by atoms with Crippen molar-refractivity contribution in [2.45, 2.75) is 38.2 Å². The summed E-state index contributed by atoms with van der Waals surface area (Å²) >= 11 is 1.68. The molecule has 2 saturated heterocycles. The normalized spacial score (nSPS) is 27.3. The Balaban J connectivity index is 1.39. The number of carbonyl (C=O) groups excluding carboxylic acids is 1. The summed E-state index contributed by atoms with van der Waals surface area (Å²) in [6.07, 6.45) is 3.72. The smallest absolute Gasteiger partial charge is 0.223 e. The van der Waals surface area contributed by atoms with Crippen LogP contribution in [-0.4, -0.2) is 65.1 Å². The standard InChI is InChI=1S/C20H27N3O2S/c1-22-12-9-17(24)20(13-22)10-4-11-23(14-20)19(25)8-7-18-21-15-5-2-3-6-16(15)26-18/h2-3,5-6,17,24H,4,7-14H2,1H3/t17-,20-/m0/s1. The number of carbonyl (C=O) groups is 1. The van der Waals surface area contributed by atoms with E-state index >= 15 is 0 Å². The van der Waals surface area contributed by atoms with E-state index in [2.05, 4.69) is 23.0 Å². The Hall–Kier alpha value is -1.50. The first-order valence-corrected chi connectivity index (χ1v) is 10.4. The van der Waals surface area contributed by atoms with Gasteiger partial charge in [0.15, 0.2) is 0 Å². The molecule has 0 aliphatic carbocycles. The van der Waals surface area contributed by atoms with Gasteiger partial charge in [0.05, 0.1) is 21.3 Å². The summed E-state index contributed by atoms with van der Waals surface area (Å²) in [6, 6.07) is 8.12. The molecule has 0 unspecified atom stereocenters. The summed E-state index contributed by atoms with van der Waals surface area (Å²) in [7, 11) is 2.11. The fourth-order valence-corrected chi connectivity index (χ4v) is 5.51. The van der Waals surface area contributed by atoms with Gasteiger partial charge in [-0.25, -0.2) is 4.98 Å². The first-order chi connectivity index (χ1) is 12.6. The molecular formula is C20H27N3O2S. The Labute approximate surface area is 158 Å². The van der Waals surface area contributed by atoms with Gasteiger partial charge in [0, 0.05) is 44.4 Å². The third kappa shape index (κ3) is 3.50. The second-order valence-electron chi connectivity index (χ2n) is 7.90. The molecule has 1 N–H and O–H groups in total. The topological polar surface area (TPSA) is 56.7 Å². The number of aromatic nitrogens is 1. The number of nitrogens with zero attached hydrogens (tertiary/aromatic N) is 3. The van der Waals surface area contributed by atoms with Gasteiger partial charge in [-0.1, -0.05) is 12.1 Å². The number of para-hydroxylation sites is 1. The molecule has 0 bridgehead atoms. The lowest BCUT2D eigenvalue weighted by atomic mass is 9.71. The third-order valence-corrected chi connectivity index (χ3v) is 7.02. The summed E-state index contributed by atoms with van der Waals surface area (Å²) in [5, 5.41) is 11.6. The number of piperidine rings is 2. The van der Waals surface area contributed by atoms with Crippen molar-refractivity contribution in [3.05, 3.63) is 29.3 Å². The SMILES string of the molecule is CN1CC[C@H](O)[C@@]2(CCCN(C(=O)CCc3nc4ccccc4s3)C2)C1. The van der Waals surface area contributed by atoms with E-state index in [0.29, 0.717) is 19.4 Å². The fraction of sp³-hybridized carbons (Fsp3) is 0.600. The molecule has 26 heavy (non-hydrogen) atoms. The average molecular weight is 374 g/mol. The molecule has 0 radical (unpaired) electrons. The van der Waals surface area contributed by atoms with Crippen molar-refractivity contribution in [1.29, 1.82) is 0 Å². The molecule has 2 aromatic rings. The van der Waals surface area contributed by atoms with Crippen molar-refractivity contribution in [3.8, 4) is 0 Å². The molecule has 1 aromatic carbocycles. The zero-order valence-electron chi connectivity index (χ0n) is 15.4. The maximum atomic E-state index is 12.8. The van der Waals surface area contributed by atoms with Gasteiger partial charge in [-0.2, -0.15) is 0 Å². The number of hydrogen-bond acceptors (Lipinski definition) is 5. The lowest BCUT2D eigenvalue weighted by Gasteiger charge is -2.50. The molecule has 140 valence electrons. The van der Waals surface area contributed by atoms with Crippen LogP contribution in [0.5, 0.6) is 0 Å². The van der Waals surface area contributed by atoms with Gasteiger partial charge in [-0.3, -0.25) is 4.79 Å². The summed E-state index contributed by atoms with van der Waals surface area (Å²) in [4.78, 5) is 21.7. The molecule has 0 saturated carbocycles. The van der Waals surface area contributed by atoms with Gasteiger partial charge in [-0.05, 0) is 38.4 Å². The van der Waals surface area contributed by atoms with E-state index in [-0.39, 0.29) is 17.4 Å². The largest absolute Gasteiger partial charge is 0.392 e. The molecule has 1 amide bonds. The van der Waals surface area contributed by atoms with Crippen LogP contribution >= 0.6 is 11.3 Å². The summed E-state index contributed by atoms with van der Waals surface area (Å²) in [6.45, 7) is 3.33. The molecule has 5 nitrogen and oxygen atoms in total. The minimum atomic E-state index is -0.293. The van der Waals surface area contributed by atoms with E-state index in [1.807, 2.05) is 23.1 Å². The number of benzene rings is 1. The van der Waals surface area contributed by atoms with Crippen LogP contribution in [0.15, 0.2) is 24.3 Å². The van der Waals surface area contributed by atoms with Crippen molar-refractivity contribution < 1.29 is 9.90 Å². The third-order valence-electron chi connectivity index (χ3n) is 5.93. The molecule has 1 spiro atoms. The summed E-state index contributed by atoms with van der Waals surface area (Å²) < 4.78 is 1.18. The molecule has 1 aromatic heterocycles. The number of thiazole rings is 1. The van der Waals surface area contributed by atoms with E-state index in [4.69, 9.17) is 0 Å². The monoisotopic (exact) mass is 373 g/mol. The number of likely N-dealkylation sites (tertiary alicyclic amines) is 2. The van der Waals surface area contributed by atoms with Crippen LogP contribution in [0.2, 0.25) is 0 Å². The fourth-order valence-electron chi connectivity index (χ4n) is 4.54. The van der Waals surface area contributed by atoms with Gasteiger partial charge in [0.1, 0.15) is 0 Å². The highest BCUT2D eigenvalue weighted by Crippen LogP contribution is 2.38. The minimum Gasteiger partial charge on any atom is -0.392 e. The zero-order valence-corrected chi connectivity index (χ0v) is 16.2. The van der Waals surface area contributed by atoms with Gasteiger partial charge in [0.2, 0.25) is 5.91 Å². The van der Waals surface area contributed by atoms with Gasteiger partial charge >= 0.3 is 0 Å². The maximum Gasteiger partial charge on any atom is 0.223 e. The van der Waals surface area contributed by atoms with Crippen LogP contribution in [0.4, 0.5) is 0 Å². The van der Waals surface area contributed by atoms with E-state index in [9.17, 15) is 9.90 Å². The first kappa shape index (κ1) is 17.9. The number of aliphatic hydroxyl groups excluding tert-OH is 1. The van der Waals surface area contributed by atoms with E-state index in [1.165, 1.54) is 4.70 Å². The lowest BCUT2D eigenvalue weighted by molar-refractivity contribution is -0.140. The van der Waals surface area contributed by atoms with E-state index in [1.54, 1.807) is 11.3 Å². The van der Waals surface area contributed by atoms with Crippen LogP contribution in [-0.2, 0) is 11.2 Å². The van der Waals surface area contributed by atoms with Crippen molar-refractivity contribution >= 4 is 27.5 Å². The molecular weight excluding hydrogens is 346 g/mol. The van der Waals surface area contributed by atoms with Crippen LogP contribution in [0.3, 0.4) is 0 Å². The maximum absolute atomic E-state index is 12.8. The molecule has 4 rings (SSSR count). The molecule has 2 atom stereocenters. The highest BCUT2D eigenvalue weighted by molar-refractivity contribution is 7.18. The quantitative estimate of drug-likeness (QED) is 0.898. The number of aryl methyl sites for hydroxylation is 1. The van der Waals surface area contributed by atoms with Crippen molar-refractivity contribution in [1.82, 2.24) is 14.8 Å². The second-order valence-corrected chi connectivity index (χ2v) is 9.01. The van der Waals surface area contributed by atoms with Gasteiger partial charge in [0.25, 0.3) is 0 Å². The molecule has 2 fully saturated rings. The van der Waals surface area contributed by atoms with Crippen LogP contribution in [0.25, 0.3) is 10.2 Å². The van der Waals surface area contributed by atoms with Crippen molar-refractivity contribution in [2.75, 3.05) is 33.2 Å². The number of aliphatic hydroxyl groups is 1. The highest BCUT2D eigenvalue weighted by Gasteiger charge is 2.45. The van der Waals surface area contributed by atoms with E-state index in [0.717, 1.165) is 49.4 Å². The predicted octanol–water partition coefficient (Wildman–Crippen LogP) is 2.53. The number of rotatable bonds is 3. The van der Waals surface area contributed by atoms with Gasteiger partial charge < -0.3 is 14.9 Å². The average Bonchev–Trinajstić information content (AvgIpc) is 3.06. The van der Waals surface area contributed by atoms with Crippen molar-refractivity contribution in [2.24, 2.45) is 5.41 Å². The number of hydrogen-bond donors (Lipinski definition) is 1.